The van der Waals surface area contributed by atoms with Crippen LogP contribution in [0.4, 0.5) is 0 Å². The summed E-state index contributed by atoms with van der Waals surface area (Å²) in [5.74, 6) is 4.99. The Hall–Kier alpha value is -0.120. The van der Waals surface area contributed by atoms with Crippen LogP contribution in [0.1, 0.15) is 26.2 Å². The third-order valence-electron chi connectivity index (χ3n) is 1.85. The van der Waals surface area contributed by atoms with Crippen LogP contribution in [0.25, 0.3) is 0 Å². The molecule has 1 aliphatic heterocycles. The van der Waals surface area contributed by atoms with E-state index in [1.807, 2.05) is 6.92 Å². The van der Waals surface area contributed by atoms with Crippen molar-refractivity contribution in [3.8, 4) is 0 Å². The van der Waals surface area contributed by atoms with Crippen molar-refractivity contribution >= 4 is 0 Å². The van der Waals surface area contributed by atoms with Gasteiger partial charge >= 0.3 is 0 Å². The van der Waals surface area contributed by atoms with Gasteiger partial charge in [-0.05, 0) is 19.8 Å². The first kappa shape index (κ1) is 7.98. The van der Waals surface area contributed by atoms with E-state index in [1.165, 1.54) is 6.42 Å². The summed E-state index contributed by atoms with van der Waals surface area (Å²) in [6, 6.07) is 0. The summed E-state index contributed by atoms with van der Waals surface area (Å²) in [4.78, 5) is 4.63. The average Bonchev–Trinajstić information content (AvgIpc) is 2.40. The summed E-state index contributed by atoms with van der Waals surface area (Å²) in [7, 11) is 0. The molecule has 2 atom stereocenters. The zero-order valence-corrected chi connectivity index (χ0v) is 6.38. The first-order valence-electron chi connectivity index (χ1n) is 3.80. The third kappa shape index (κ3) is 2.25. The fraction of sp³-hybridized carbons (Fsp3) is 1.00. The number of nitrogens with two attached hydrogens (primary N) is 1. The fourth-order valence-electron chi connectivity index (χ4n) is 1.26. The number of hydrogen-bond acceptors (Lipinski definition) is 3. The Balaban J connectivity index is 2.11. The summed E-state index contributed by atoms with van der Waals surface area (Å²) < 4.78 is 5.39. The molecule has 1 heterocycles. The molecule has 10 heavy (non-hydrogen) atoms. The Morgan fingerprint density at radius 1 is 1.80 bits per heavy atom. The van der Waals surface area contributed by atoms with Crippen molar-refractivity contribution in [2.45, 2.75) is 38.4 Å². The highest BCUT2D eigenvalue weighted by atomic mass is 16.6. The quantitative estimate of drug-likeness (QED) is 0.598. The summed E-state index contributed by atoms with van der Waals surface area (Å²) in [6.07, 6.45) is 3.79. The molecule has 0 aliphatic carbocycles. The molecule has 0 bridgehead atoms. The minimum Gasteiger partial charge on any atom is -0.378 e. The van der Waals surface area contributed by atoms with Gasteiger partial charge in [-0.2, -0.15) is 0 Å². The molecule has 2 N–H and O–H groups in total. The van der Waals surface area contributed by atoms with Gasteiger partial charge in [0.1, 0.15) is 0 Å². The van der Waals surface area contributed by atoms with Crippen LogP contribution in [-0.4, -0.2) is 18.8 Å². The van der Waals surface area contributed by atoms with Crippen LogP contribution < -0.4 is 5.90 Å². The standard InChI is InChI=1S/C7H15NO2/c1-6(10-8)5-7-3-2-4-9-7/h6-7H,2-5,8H2,1H3. The monoisotopic (exact) mass is 145 g/mol. The van der Waals surface area contributed by atoms with Crippen molar-refractivity contribution in [3.05, 3.63) is 0 Å². The van der Waals surface area contributed by atoms with E-state index in [0.29, 0.717) is 6.10 Å². The highest BCUT2D eigenvalue weighted by Gasteiger charge is 2.17. The molecule has 0 amide bonds. The Morgan fingerprint density at radius 3 is 3.10 bits per heavy atom. The molecule has 2 unspecified atom stereocenters. The van der Waals surface area contributed by atoms with E-state index in [4.69, 9.17) is 10.6 Å². The molecule has 0 spiro atoms. The molecule has 1 fully saturated rings. The second-order valence-corrected chi connectivity index (χ2v) is 2.82. The lowest BCUT2D eigenvalue weighted by Crippen LogP contribution is -2.20. The van der Waals surface area contributed by atoms with Gasteiger partial charge in [0, 0.05) is 13.0 Å². The van der Waals surface area contributed by atoms with Crippen molar-refractivity contribution < 1.29 is 9.57 Å². The van der Waals surface area contributed by atoms with Gasteiger partial charge in [0.2, 0.25) is 0 Å². The molecule has 0 saturated carbocycles. The fourth-order valence-corrected chi connectivity index (χ4v) is 1.26. The molecule has 1 aliphatic rings. The van der Waals surface area contributed by atoms with Crippen LogP contribution in [0, 0.1) is 0 Å². The van der Waals surface area contributed by atoms with Crippen LogP contribution in [0.15, 0.2) is 0 Å². The van der Waals surface area contributed by atoms with E-state index in [9.17, 15) is 0 Å². The molecule has 3 nitrogen and oxygen atoms in total. The molecule has 3 heteroatoms. The maximum Gasteiger partial charge on any atom is 0.0784 e. The predicted octanol–water partition coefficient (Wildman–Crippen LogP) is 0.834. The molecule has 0 aromatic rings. The molecule has 0 aromatic heterocycles. The smallest absolute Gasteiger partial charge is 0.0784 e. The third-order valence-corrected chi connectivity index (χ3v) is 1.85. The maximum absolute atomic E-state index is 5.39. The Bertz CT molecular complexity index is 91.6. The zero-order chi connectivity index (χ0) is 7.40. The largest absolute Gasteiger partial charge is 0.378 e. The van der Waals surface area contributed by atoms with Crippen LogP contribution in [0.5, 0.6) is 0 Å². The predicted molar refractivity (Wildman–Crippen MR) is 38.3 cm³/mol. The molecular weight excluding hydrogens is 130 g/mol. The second-order valence-electron chi connectivity index (χ2n) is 2.82. The molecule has 1 rings (SSSR count). The van der Waals surface area contributed by atoms with E-state index >= 15 is 0 Å². The topological polar surface area (TPSA) is 44.5 Å². The van der Waals surface area contributed by atoms with Crippen molar-refractivity contribution in [2.75, 3.05) is 6.61 Å². The summed E-state index contributed by atoms with van der Waals surface area (Å²) in [5, 5.41) is 0. The number of rotatable bonds is 3. The number of hydrogen-bond donors (Lipinski definition) is 1. The average molecular weight is 145 g/mol. The van der Waals surface area contributed by atoms with Gasteiger partial charge in [0.25, 0.3) is 0 Å². The highest BCUT2D eigenvalue weighted by Crippen LogP contribution is 2.17. The van der Waals surface area contributed by atoms with Gasteiger partial charge in [0.05, 0.1) is 12.2 Å². The van der Waals surface area contributed by atoms with Crippen LogP contribution in [-0.2, 0) is 9.57 Å². The molecule has 0 aromatic carbocycles. The van der Waals surface area contributed by atoms with Crippen molar-refractivity contribution in [2.24, 2.45) is 5.90 Å². The van der Waals surface area contributed by atoms with Gasteiger partial charge in [-0.25, -0.2) is 5.90 Å². The van der Waals surface area contributed by atoms with E-state index in [2.05, 4.69) is 4.84 Å². The Labute approximate surface area is 61.4 Å². The van der Waals surface area contributed by atoms with Crippen LogP contribution >= 0.6 is 0 Å². The van der Waals surface area contributed by atoms with E-state index in [1.54, 1.807) is 0 Å². The SMILES string of the molecule is CC(CC1CCCO1)ON. The van der Waals surface area contributed by atoms with Gasteiger partial charge in [-0.1, -0.05) is 0 Å². The second kappa shape index (κ2) is 3.91. The van der Waals surface area contributed by atoms with E-state index < -0.39 is 0 Å². The van der Waals surface area contributed by atoms with Crippen LogP contribution in [0.2, 0.25) is 0 Å². The lowest BCUT2D eigenvalue weighted by atomic mass is 10.1. The van der Waals surface area contributed by atoms with Gasteiger partial charge < -0.3 is 9.57 Å². The molecule has 0 radical (unpaired) electrons. The lowest BCUT2D eigenvalue weighted by molar-refractivity contribution is 0.0130. The van der Waals surface area contributed by atoms with Gasteiger partial charge in [-0.15, -0.1) is 0 Å². The number of ether oxygens (including phenoxy) is 1. The summed E-state index contributed by atoms with van der Waals surface area (Å²) >= 11 is 0. The zero-order valence-electron chi connectivity index (χ0n) is 6.38. The minimum absolute atomic E-state index is 0.128. The Kier molecular flexibility index (Phi) is 3.12. The van der Waals surface area contributed by atoms with Crippen molar-refractivity contribution in [1.82, 2.24) is 0 Å². The van der Waals surface area contributed by atoms with E-state index in [-0.39, 0.29) is 6.10 Å². The van der Waals surface area contributed by atoms with Crippen LogP contribution in [0.3, 0.4) is 0 Å². The molecule has 60 valence electrons. The van der Waals surface area contributed by atoms with Gasteiger partial charge in [0.15, 0.2) is 0 Å². The first-order chi connectivity index (χ1) is 4.83. The minimum atomic E-state index is 0.128. The van der Waals surface area contributed by atoms with Crippen molar-refractivity contribution in [1.29, 1.82) is 0 Å². The molecule has 1 saturated heterocycles. The Morgan fingerprint density at radius 2 is 2.60 bits per heavy atom. The van der Waals surface area contributed by atoms with Gasteiger partial charge in [-0.3, -0.25) is 0 Å². The highest BCUT2D eigenvalue weighted by molar-refractivity contribution is 4.67. The van der Waals surface area contributed by atoms with Crippen molar-refractivity contribution in [3.63, 3.8) is 0 Å². The van der Waals surface area contributed by atoms with E-state index in [0.717, 1.165) is 19.4 Å². The maximum atomic E-state index is 5.39. The summed E-state index contributed by atoms with van der Waals surface area (Å²) in [6.45, 7) is 2.86. The summed E-state index contributed by atoms with van der Waals surface area (Å²) in [5.41, 5.74) is 0. The first-order valence-corrected chi connectivity index (χ1v) is 3.80. The normalized spacial score (nSPS) is 28.8. The lowest BCUT2D eigenvalue weighted by Gasteiger charge is -2.13. The molecular formula is C7H15NO2.